The van der Waals surface area contributed by atoms with Crippen LogP contribution in [0.1, 0.15) is 19.5 Å². The molecule has 0 bridgehead atoms. The Balaban J connectivity index is 0.00000141. The van der Waals surface area contributed by atoms with E-state index in [4.69, 9.17) is 19.3 Å². The highest BCUT2D eigenvalue weighted by molar-refractivity contribution is 5.65. The minimum Gasteiger partial charge on any atom is -0.486 e. The summed E-state index contributed by atoms with van der Waals surface area (Å²) >= 11 is 0. The summed E-state index contributed by atoms with van der Waals surface area (Å²) in [7, 11) is 1.00. The molecule has 1 aliphatic heterocycles. The van der Waals surface area contributed by atoms with Crippen molar-refractivity contribution in [2.45, 2.75) is 32.2 Å². The Morgan fingerprint density at radius 3 is 2.59 bits per heavy atom. The van der Waals surface area contributed by atoms with Crippen LogP contribution >= 0.6 is 0 Å². The van der Waals surface area contributed by atoms with Crippen molar-refractivity contribution in [2.24, 2.45) is 0 Å². The van der Waals surface area contributed by atoms with Crippen LogP contribution in [0.3, 0.4) is 0 Å². The van der Waals surface area contributed by atoms with E-state index in [0.717, 1.165) is 19.0 Å². The Morgan fingerprint density at radius 2 is 1.94 bits per heavy atom. The van der Waals surface area contributed by atoms with Crippen LogP contribution in [-0.4, -0.2) is 53.2 Å². The van der Waals surface area contributed by atoms with Crippen LogP contribution < -0.4 is 4.74 Å². The third-order valence-corrected chi connectivity index (χ3v) is 4.76. The third kappa shape index (κ3) is 5.59. The van der Waals surface area contributed by atoms with E-state index in [1.807, 2.05) is 30.3 Å². The molecular formula is C24H27FN2O5. The number of para-hydroxylation sites is 1. The average Bonchev–Trinajstić information content (AvgIpc) is 3.21. The lowest BCUT2D eigenvalue weighted by Crippen LogP contribution is -2.38. The molecule has 1 aromatic heterocycles. The van der Waals surface area contributed by atoms with Gasteiger partial charge in [-0.1, -0.05) is 24.3 Å². The van der Waals surface area contributed by atoms with Crippen LogP contribution in [0.5, 0.6) is 5.75 Å². The van der Waals surface area contributed by atoms with Crippen molar-refractivity contribution in [1.82, 2.24) is 9.78 Å². The minimum absolute atomic E-state index is 0.0475. The van der Waals surface area contributed by atoms with Gasteiger partial charge in [-0.2, -0.15) is 5.10 Å². The number of ether oxygens (including phenoxy) is 3. The summed E-state index contributed by atoms with van der Waals surface area (Å²) in [6, 6.07) is 15.8. The third-order valence-electron chi connectivity index (χ3n) is 4.76. The van der Waals surface area contributed by atoms with Crippen molar-refractivity contribution in [1.29, 1.82) is 0 Å². The predicted octanol–water partition coefficient (Wildman–Crippen LogP) is 3.56. The fourth-order valence-electron chi connectivity index (χ4n) is 3.01. The Labute approximate surface area is 186 Å². The van der Waals surface area contributed by atoms with E-state index < -0.39 is 5.60 Å². The van der Waals surface area contributed by atoms with Crippen molar-refractivity contribution in [2.75, 3.05) is 20.3 Å². The van der Waals surface area contributed by atoms with Gasteiger partial charge in [-0.15, -0.1) is 0 Å². The van der Waals surface area contributed by atoms with Gasteiger partial charge in [0.2, 0.25) is 0 Å². The molecular weight excluding hydrogens is 415 g/mol. The number of aliphatic hydroxyl groups is 1. The summed E-state index contributed by atoms with van der Waals surface area (Å²) in [5, 5.41) is 11.5. The van der Waals surface area contributed by atoms with Crippen LogP contribution in [-0.2, 0) is 20.9 Å². The molecule has 0 spiro atoms. The number of halogens is 1. The topological polar surface area (TPSA) is 82.8 Å². The van der Waals surface area contributed by atoms with Gasteiger partial charge in [0.15, 0.2) is 6.29 Å². The zero-order valence-corrected chi connectivity index (χ0v) is 18.3. The largest absolute Gasteiger partial charge is 0.486 e. The van der Waals surface area contributed by atoms with Crippen LogP contribution in [0.15, 0.2) is 54.6 Å². The first kappa shape index (κ1) is 23.6. The molecule has 7 nitrogen and oxygen atoms in total. The van der Waals surface area contributed by atoms with E-state index in [2.05, 4.69) is 5.10 Å². The number of hydrogen-bond donors (Lipinski definition) is 1. The lowest BCUT2D eigenvalue weighted by molar-refractivity contribution is -0.128. The maximum absolute atomic E-state index is 14.5. The van der Waals surface area contributed by atoms with Gasteiger partial charge < -0.3 is 24.1 Å². The van der Waals surface area contributed by atoms with E-state index >= 15 is 0 Å². The van der Waals surface area contributed by atoms with E-state index in [1.165, 1.54) is 6.07 Å². The molecule has 2 aromatic carbocycles. The molecule has 1 saturated heterocycles. The smallest absolute Gasteiger partial charge is 0.151 e. The molecule has 4 rings (SSSR count). The van der Waals surface area contributed by atoms with E-state index in [1.54, 1.807) is 36.7 Å². The summed E-state index contributed by atoms with van der Waals surface area (Å²) in [5.41, 5.74) is 1.50. The van der Waals surface area contributed by atoms with Gasteiger partial charge in [0.1, 0.15) is 29.0 Å². The Morgan fingerprint density at radius 1 is 1.19 bits per heavy atom. The highest BCUT2D eigenvalue weighted by Gasteiger charge is 2.22. The second kappa shape index (κ2) is 10.5. The average molecular weight is 442 g/mol. The predicted molar refractivity (Wildman–Crippen MR) is 117 cm³/mol. The van der Waals surface area contributed by atoms with Crippen molar-refractivity contribution >= 4 is 6.29 Å². The molecule has 0 radical (unpaired) electrons. The monoisotopic (exact) mass is 442 g/mol. The van der Waals surface area contributed by atoms with Crippen LogP contribution in [0.2, 0.25) is 0 Å². The quantitative estimate of drug-likeness (QED) is 0.537. The Hall–Kier alpha value is -3.07. The van der Waals surface area contributed by atoms with Gasteiger partial charge in [-0.3, -0.25) is 0 Å². The summed E-state index contributed by atoms with van der Waals surface area (Å²) in [4.78, 5) is 11.1. The van der Waals surface area contributed by atoms with E-state index in [0.29, 0.717) is 36.0 Å². The number of rotatable bonds is 8. The Bertz CT molecular complexity index is 1050. The van der Waals surface area contributed by atoms with Crippen molar-refractivity contribution in [3.05, 3.63) is 66.1 Å². The first-order valence-corrected chi connectivity index (χ1v) is 10.2. The number of nitrogens with zero attached hydrogens (tertiary/aromatic N) is 2. The second-order valence-corrected chi connectivity index (χ2v) is 7.70. The number of benzene rings is 2. The molecule has 170 valence electrons. The minimum atomic E-state index is -0.930. The van der Waals surface area contributed by atoms with Gasteiger partial charge >= 0.3 is 0 Å². The van der Waals surface area contributed by atoms with Crippen molar-refractivity contribution < 1.29 is 28.5 Å². The normalized spacial score (nSPS) is 13.7. The van der Waals surface area contributed by atoms with Gasteiger partial charge in [0, 0.05) is 12.7 Å². The molecule has 1 fully saturated rings. The number of aldehydes is 1. The SMILES string of the molecule is CC(C)(C=O)OCc1cc(-c2cccc(OC3COC3)c2)n(-c2ccccc2F)n1.CO. The standard InChI is InChI=1S/C23H23FN2O4.CH4O/c1-23(2,15-27)29-12-17-11-22(26(25-17)21-9-4-3-8-20(21)24)16-6-5-7-18(10-16)30-19-13-28-14-19;1-2/h3-11,15,19H,12-14H2,1-2H3;2H,1H3. The highest BCUT2D eigenvalue weighted by atomic mass is 19.1. The number of aliphatic hydroxyl groups excluding tert-OH is 1. The van der Waals surface area contributed by atoms with Gasteiger partial charge in [-0.25, -0.2) is 9.07 Å². The molecule has 0 atom stereocenters. The summed E-state index contributed by atoms with van der Waals surface area (Å²) < 4.78 is 32.8. The van der Waals surface area contributed by atoms with Gasteiger partial charge in [0.25, 0.3) is 0 Å². The van der Waals surface area contributed by atoms with Crippen LogP contribution in [0, 0.1) is 5.82 Å². The van der Waals surface area contributed by atoms with Crippen molar-refractivity contribution in [3.8, 4) is 22.7 Å². The number of aromatic nitrogens is 2. The second-order valence-electron chi connectivity index (χ2n) is 7.70. The molecule has 0 saturated carbocycles. The van der Waals surface area contributed by atoms with Crippen LogP contribution in [0.25, 0.3) is 16.9 Å². The molecule has 32 heavy (non-hydrogen) atoms. The van der Waals surface area contributed by atoms with Crippen LogP contribution in [0.4, 0.5) is 4.39 Å². The zero-order valence-electron chi connectivity index (χ0n) is 18.3. The zero-order chi connectivity index (χ0) is 23.1. The lowest BCUT2D eigenvalue weighted by atomic mass is 10.1. The fourth-order valence-corrected chi connectivity index (χ4v) is 3.01. The Kier molecular flexibility index (Phi) is 7.74. The number of carbonyl (C=O) groups is 1. The molecule has 0 unspecified atom stereocenters. The molecule has 0 amide bonds. The van der Waals surface area contributed by atoms with Crippen molar-refractivity contribution in [3.63, 3.8) is 0 Å². The number of carbonyl (C=O) groups excluding carboxylic acids is 1. The fraction of sp³-hybridized carbons (Fsp3) is 0.333. The molecule has 0 aliphatic carbocycles. The molecule has 3 aromatic rings. The highest BCUT2D eigenvalue weighted by Crippen LogP contribution is 2.29. The van der Waals surface area contributed by atoms with Gasteiger partial charge in [0.05, 0.1) is 31.2 Å². The first-order valence-electron chi connectivity index (χ1n) is 10.2. The van der Waals surface area contributed by atoms with E-state index in [9.17, 15) is 9.18 Å². The molecule has 8 heteroatoms. The summed E-state index contributed by atoms with van der Waals surface area (Å²) in [6.07, 6.45) is 0.790. The molecule has 2 heterocycles. The molecule has 1 N–H and O–H groups in total. The maximum atomic E-state index is 14.5. The summed E-state index contributed by atoms with van der Waals surface area (Å²) in [6.45, 7) is 4.63. The summed E-state index contributed by atoms with van der Waals surface area (Å²) in [5.74, 6) is 0.323. The van der Waals surface area contributed by atoms with Gasteiger partial charge in [-0.05, 0) is 44.2 Å². The molecule has 1 aliphatic rings. The lowest BCUT2D eigenvalue weighted by Gasteiger charge is -2.26. The van der Waals surface area contributed by atoms with E-state index in [-0.39, 0.29) is 18.5 Å². The first-order chi connectivity index (χ1) is 15.4. The number of hydrogen-bond acceptors (Lipinski definition) is 6. The maximum Gasteiger partial charge on any atom is 0.151 e.